The molecule has 0 aliphatic heterocycles. The Hall–Kier alpha value is -1.59. The first kappa shape index (κ1) is 47.4. The Balaban J connectivity index is 3.53. The third kappa shape index (κ3) is 36.0. The van der Waals surface area contributed by atoms with Gasteiger partial charge in [-0.3, -0.25) is 14.4 Å². The quantitative estimate of drug-likeness (QED) is 0.0394. The molecule has 0 fully saturated rings. The van der Waals surface area contributed by atoms with Crippen LogP contribution in [0.1, 0.15) is 110 Å². The van der Waals surface area contributed by atoms with Crippen LogP contribution in [-0.4, -0.2) is 118 Å². The maximum absolute atomic E-state index is 12.2. The number of alkyl halides is 1. The topological polar surface area (TPSA) is 171 Å². The highest BCUT2D eigenvalue weighted by Crippen LogP contribution is 2.12. The minimum atomic E-state index is -1.03. The third-order valence-electron chi connectivity index (χ3n) is 7.53. The van der Waals surface area contributed by atoms with Gasteiger partial charge in [-0.15, -0.1) is 0 Å². The van der Waals surface area contributed by atoms with Crippen LogP contribution in [0.3, 0.4) is 0 Å². The monoisotopic (exact) mass is 815 g/mol. The summed E-state index contributed by atoms with van der Waals surface area (Å²) in [5.41, 5.74) is 0. The van der Waals surface area contributed by atoms with Crippen LogP contribution in [0.15, 0.2) is 0 Å². The van der Waals surface area contributed by atoms with Gasteiger partial charge in [0.1, 0.15) is 6.04 Å². The second-order valence-corrected chi connectivity index (χ2v) is 12.6. The van der Waals surface area contributed by atoms with E-state index in [1.807, 2.05) is 22.6 Å². The molecule has 0 aliphatic carbocycles. The Kier molecular flexibility index (Phi) is 36.4. The number of aliphatic carboxylic acids is 1. The largest absolute Gasteiger partial charge is 0.480 e. The summed E-state index contributed by atoms with van der Waals surface area (Å²) in [5.74, 6) is -1.36. The minimum absolute atomic E-state index is 0.00189. The molecular formula is C35H66IN3O10. The zero-order valence-electron chi connectivity index (χ0n) is 30.1. The van der Waals surface area contributed by atoms with Gasteiger partial charge in [0.25, 0.3) is 0 Å². The highest BCUT2D eigenvalue weighted by Gasteiger charge is 2.19. The van der Waals surface area contributed by atoms with Crippen LogP contribution in [-0.2, 0) is 42.9 Å². The molecule has 0 aromatic heterocycles. The molecule has 0 saturated carbocycles. The van der Waals surface area contributed by atoms with Gasteiger partial charge < -0.3 is 44.7 Å². The predicted octanol–water partition coefficient (Wildman–Crippen LogP) is 4.57. The van der Waals surface area contributed by atoms with Crippen molar-refractivity contribution < 1.29 is 48.0 Å². The van der Waals surface area contributed by atoms with Crippen molar-refractivity contribution in [3.05, 3.63) is 0 Å². The van der Waals surface area contributed by atoms with Gasteiger partial charge in [-0.25, -0.2) is 4.79 Å². The summed E-state index contributed by atoms with van der Waals surface area (Å²) in [4.78, 5) is 46.9. The van der Waals surface area contributed by atoms with E-state index in [9.17, 15) is 24.3 Å². The predicted molar refractivity (Wildman–Crippen MR) is 198 cm³/mol. The normalized spacial score (nSPS) is 11.7. The standard InChI is InChI=1S/C35H66IN3O10/c1-2-3-4-5-6-7-8-9-10-11-12-16-33(41)39-31(35(43)44)15-13-14-18-37-32(40)17-20-45-22-24-47-26-28-49-29-27-48-25-23-46-21-19-38-34(42)30-36/h31H,2-30H2,1H3,(H,37,40)(H,38,42)(H,39,41)(H,43,44). The van der Waals surface area contributed by atoms with Gasteiger partial charge >= 0.3 is 5.97 Å². The van der Waals surface area contributed by atoms with Gasteiger partial charge in [0.15, 0.2) is 0 Å². The Labute approximate surface area is 308 Å². The maximum atomic E-state index is 12.2. The molecule has 0 bridgehead atoms. The number of halogens is 1. The van der Waals surface area contributed by atoms with E-state index in [0.717, 1.165) is 19.3 Å². The Morgan fingerprint density at radius 2 is 1.00 bits per heavy atom. The summed E-state index contributed by atoms with van der Waals surface area (Å²) in [7, 11) is 0. The summed E-state index contributed by atoms with van der Waals surface area (Å²) >= 11 is 2.01. The van der Waals surface area contributed by atoms with Crippen molar-refractivity contribution in [2.24, 2.45) is 0 Å². The van der Waals surface area contributed by atoms with Crippen molar-refractivity contribution in [3.8, 4) is 0 Å². The molecule has 13 nitrogen and oxygen atoms in total. The van der Waals surface area contributed by atoms with E-state index >= 15 is 0 Å². The lowest BCUT2D eigenvalue weighted by molar-refractivity contribution is -0.142. The number of amides is 3. The minimum Gasteiger partial charge on any atom is -0.480 e. The van der Waals surface area contributed by atoms with Crippen LogP contribution in [0.5, 0.6) is 0 Å². The van der Waals surface area contributed by atoms with Gasteiger partial charge in [0.2, 0.25) is 17.7 Å². The lowest BCUT2D eigenvalue weighted by Gasteiger charge is -2.14. The molecule has 0 aromatic carbocycles. The first-order chi connectivity index (χ1) is 23.9. The van der Waals surface area contributed by atoms with E-state index in [1.54, 1.807) is 0 Å². The van der Waals surface area contributed by atoms with Gasteiger partial charge in [0.05, 0.1) is 70.5 Å². The lowest BCUT2D eigenvalue weighted by Crippen LogP contribution is -2.40. The smallest absolute Gasteiger partial charge is 0.326 e. The molecule has 0 rings (SSSR count). The number of carbonyl (C=O) groups excluding carboxylic acids is 3. The van der Waals surface area contributed by atoms with Crippen molar-refractivity contribution in [3.63, 3.8) is 0 Å². The highest BCUT2D eigenvalue weighted by atomic mass is 127. The summed E-state index contributed by atoms with van der Waals surface area (Å²) in [6.07, 6.45) is 15.4. The molecule has 0 saturated heterocycles. The molecule has 4 N–H and O–H groups in total. The van der Waals surface area contributed by atoms with Crippen molar-refractivity contribution >= 4 is 46.3 Å². The lowest BCUT2D eigenvalue weighted by atomic mass is 10.0. The number of unbranched alkanes of at least 4 members (excludes halogenated alkanes) is 11. The van der Waals surface area contributed by atoms with E-state index in [2.05, 4.69) is 22.9 Å². The summed E-state index contributed by atoms with van der Waals surface area (Å²) in [6, 6.07) is -0.901. The fraction of sp³-hybridized carbons (Fsp3) is 0.886. The first-order valence-electron chi connectivity index (χ1n) is 18.4. The van der Waals surface area contributed by atoms with Crippen LogP contribution in [0.4, 0.5) is 0 Å². The second-order valence-electron chi connectivity index (χ2n) is 11.9. The number of hydrogen-bond acceptors (Lipinski definition) is 9. The zero-order valence-corrected chi connectivity index (χ0v) is 32.2. The number of hydrogen-bond donors (Lipinski definition) is 4. The molecule has 0 radical (unpaired) electrons. The van der Waals surface area contributed by atoms with Gasteiger partial charge in [0, 0.05) is 25.9 Å². The Morgan fingerprint density at radius 3 is 1.51 bits per heavy atom. The fourth-order valence-electron chi connectivity index (χ4n) is 4.72. The van der Waals surface area contributed by atoms with E-state index < -0.39 is 12.0 Å². The zero-order chi connectivity index (χ0) is 36.0. The number of rotatable bonds is 38. The molecule has 288 valence electrons. The molecule has 0 aliphatic rings. The van der Waals surface area contributed by atoms with E-state index in [0.29, 0.717) is 103 Å². The van der Waals surface area contributed by atoms with Crippen LogP contribution >= 0.6 is 22.6 Å². The Morgan fingerprint density at radius 1 is 0.531 bits per heavy atom. The third-order valence-corrected chi connectivity index (χ3v) is 8.23. The van der Waals surface area contributed by atoms with Crippen LogP contribution in [0.2, 0.25) is 0 Å². The van der Waals surface area contributed by atoms with Gasteiger partial charge in [-0.05, 0) is 25.7 Å². The molecule has 1 unspecified atom stereocenters. The number of carboxylic acid groups (broad SMARTS) is 1. The van der Waals surface area contributed by atoms with Crippen molar-refractivity contribution in [1.82, 2.24) is 16.0 Å². The molecule has 3 amide bonds. The summed E-state index contributed by atoms with van der Waals surface area (Å²) in [6.45, 7) is 7.39. The molecule has 0 aromatic rings. The number of carboxylic acids is 1. The van der Waals surface area contributed by atoms with Crippen LogP contribution in [0, 0.1) is 0 Å². The molecular weight excluding hydrogens is 749 g/mol. The molecule has 0 heterocycles. The van der Waals surface area contributed by atoms with E-state index in [1.165, 1.54) is 51.4 Å². The van der Waals surface area contributed by atoms with Crippen molar-refractivity contribution in [2.75, 3.05) is 83.6 Å². The molecule has 14 heteroatoms. The van der Waals surface area contributed by atoms with Gasteiger partial charge in [-0.1, -0.05) is 93.7 Å². The SMILES string of the molecule is CCCCCCCCCCCCCC(=O)NC(CCCCNC(=O)CCOCCOCCOCCOCCOCCNC(=O)CI)C(=O)O. The molecule has 49 heavy (non-hydrogen) atoms. The number of carbonyl (C=O) groups is 4. The number of ether oxygens (including phenoxy) is 5. The van der Waals surface area contributed by atoms with E-state index in [4.69, 9.17) is 23.7 Å². The number of nitrogens with one attached hydrogen (secondary N) is 3. The molecule has 1 atom stereocenters. The first-order valence-corrected chi connectivity index (χ1v) is 19.9. The highest BCUT2D eigenvalue weighted by molar-refractivity contribution is 14.1. The van der Waals surface area contributed by atoms with Crippen molar-refractivity contribution in [2.45, 2.75) is 116 Å². The molecule has 0 spiro atoms. The van der Waals surface area contributed by atoms with Gasteiger partial charge in [-0.2, -0.15) is 0 Å². The summed E-state index contributed by atoms with van der Waals surface area (Å²) < 4.78 is 27.5. The maximum Gasteiger partial charge on any atom is 0.326 e. The Bertz CT molecular complexity index is 810. The van der Waals surface area contributed by atoms with Crippen molar-refractivity contribution in [1.29, 1.82) is 0 Å². The van der Waals surface area contributed by atoms with Crippen LogP contribution < -0.4 is 16.0 Å². The second kappa shape index (κ2) is 37.7. The van der Waals surface area contributed by atoms with E-state index in [-0.39, 0.29) is 30.7 Å². The average Bonchev–Trinajstić information content (AvgIpc) is 3.09. The summed E-state index contributed by atoms with van der Waals surface area (Å²) in [5, 5.41) is 17.7. The fourth-order valence-corrected chi connectivity index (χ4v) is 4.99. The van der Waals surface area contributed by atoms with Crippen LogP contribution in [0.25, 0.3) is 0 Å². The average molecular weight is 816 g/mol.